The maximum absolute atomic E-state index is 13.3. The molecule has 3 rings (SSSR count). The van der Waals surface area contributed by atoms with Crippen molar-refractivity contribution in [2.45, 2.75) is 51.3 Å². The predicted octanol–water partition coefficient (Wildman–Crippen LogP) is 1.45. The van der Waals surface area contributed by atoms with Gasteiger partial charge in [0, 0.05) is 45.1 Å². The lowest BCUT2D eigenvalue weighted by molar-refractivity contribution is -0.138. The van der Waals surface area contributed by atoms with E-state index in [1.165, 1.54) is 0 Å². The summed E-state index contributed by atoms with van der Waals surface area (Å²) < 4.78 is 29.8. The fourth-order valence-electron chi connectivity index (χ4n) is 4.35. The van der Waals surface area contributed by atoms with E-state index in [0.717, 1.165) is 19.3 Å². The zero-order chi connectivity index (χ0) is 18.4. The summed E-state index contributed by atoms with van der Waals surface area (Å²) in [6.07, 6.45) is 3.11. The van der Waals surface area contributed by atoms with Crippen LogP contribution in [0.15, 0.2) is 4.90 Å². The molecule has 2 saturated heterocycles. The van der Waals surface area contributed by atoms with Gasteiger partial charge in [-0.05, 0) is 40.0 Å². The van der Waals surface area contributed by atoms with Crippen molar-refractivity contribution in [1.82, 2.24) is 19.0 Å². The molecule has 1 spiro atoms. The minimum atomic E-state index is -3.57. The molecule has 1 amide bonds. The van der Waals surface area contributed by atoms with Gasteiger partial charge in [-0.2, -0.15) is 9.40 Å². The van der Waals surface area contributed by atoms with E-state index in [4.69, 9.17) is 0 Å². The molecule has 7 nitrogen and oxygen atoms in total. The second kappa shape index (κ2) is 6.39. The van der Waals surface area contributed by atoms with Gasteiger partial charge in [-0.1, -0.05) is 0 Å². The Kier molecular flexibility index (Phi) is 4.70. The normalized spacial score (nSPS) is 25.8. The van der Waals surface area contributed by atoms with Crippen LogP contribution in [0, 0.1) is 19.3 Å². The van der Waals surface area contributed by atoms with Gasteiger partial charge in [-0.25, -0.2) is 8.42 Å². The van der Waals surface area contributed by atoms with Crippen molar-refractivity contribution < 1.29 is 13.2 Å². The Morgan fingerprint density at radius 1 is 1.20 bits per heavy atom. The van der Waals surface area contributed by atoms with Crippen molar-refractivity contribution in [2.24, 2.45) is 12.5 Å². The zero-order valence-electron chi connectivity index (χ0n) is 15.6. The monoisotopic (exact) mass is 368 g/mol. The largest absolute Gasteiger partial charge is 0.342 e. The fraction of sp³-hybridized carbons (Fsp3) is 0.765. The number of aryl methyl sites for hydroxylation is 2. The van der Waals surface area contributed by atoms with E-state index in [-0.39, 0.29) is 11.3 Å². The molecule has 25 heavy (non-hydrogen) atoms. The number of likely N-dealkylation sites (tertiary alicyclic amines) is 1. The second-order valence-corrected chi connectivity index (χ2v) is 9.35. The van der Waals surface area contributed by atoms with Gasteiger partial charge < -0.3 is 4.90 Å². The molecule has 1 aromatic rings. The van der Waals surface area contributed by atoms with Crippen LogP contribution >= 0.6 is 0 Å². The number of carbonyl (C=O) groups excluding carboxylic acids is 1. The zero-order valence-corrected chi connectivity index (χ0v) is 16.4. The Morgan fingerprint density at radius 3 is 2.52 bits per heavy atom. The highest BCUT2D eigenvalue weighted by Gasteiger charge is 2.45. The molecule has 1 atom stereocenters. The first-order valence-corrected chi connectivity index (χ1v) is 10.4. The SMILES string of the molecule is CCN1C[C@]2(CCCN(S(=O)(=O)c3c(C)nn(C)c3C)C2)CCC1=O. The smallest absolute Gasteiger partial charge is 0.246 e. The molecule has 0 N–H and O–H groups in total. The molecule has 0 radical (unpaired) electrons. The van der Waals surface area contributed by atoms with Crippen molar-refractivity contribution in [1.29, 1.82) is 0 Å². The summed E-state index contributed by atoms with van der Waals surface area (Å²) in [6.45, 7) is 7.91. The Hall–Kier alpha value is -1.41. The maximum Gasteiger partial charge on any atom is 0.246 e. The van der Waals surface area contributed by atoms with Crippen molar-refractivity contribution in [3.8, 4) is 0 Å². The molecule has 8 heteroatoms. The highest BCUT2D eigenvalue weighted by atomic mass is 32.2. The molecule has 2 aliphatic rings. The molecule has 1 aromatic heterocycles. The lowest BCUT2D eigenvalue weighted by Crippen LogP contribution is -2.55. The van der Waals surface area contributed by atoms with Gasteiger partial charge in [-0.15, -0.1) is 0 Å². The minimum absolute atomic E-state index is 0.112. The third-order valence-electron chi connectivity index (χ3n) is 5.80. The molecule has 0 aliphatic carbocycles. The number of piperidine rings is 2. The standard InChI is InChI=1S/C17H28N4O3S/c1-5-20-11-17(9-7-15(20)22)8-6-10-21(12-17)25(23,24)16-13(2)18-19(4)14(16)3/h5-12H2,1-4H3/t17-/m0/s1. The van der Waals surface area contributed by atoms with E-state index in [0.29, 0.717) is 48.9 Å². The second-order valence-electron chi connectivity index (χ2n) is 7.47. The quantitative estimate of drug-likeness (QED) is 0.809. The average molecular weight is 369 g/mol. The van der Waals surface area contributed by atoms with E-state index in [1.54, 1.807) is 29.9 Å². The topological polar surface area (TPSA) is 75.5 Å². The fourth-order valence-corrected chi connectivity index (χ4v) is 6.34. The van der Waals surface area contributed by atoms with E-state index >= 15 is 0 Å². The summed E-state index contributed by atoms with van der Waals surface area (Å²) in [5, 5.41) is 4.27. The number of hydrogen-bond donors (Lipinski definition) is 0. The highest BCUT2D eigenvalue weighted by molar-refractivity contribution is 7.89. The van der Waals surface area contributed by atoms with Crippen LogP contribution in [0.1, 0.15) is 44.0 Å². The molecule has 0 aromatic carbocycles. The summed E-state index contributed by atoms with van der Waals surface area (Å²) in [7, 11) is -1.80. The Bertz CT molecular complexity index is 786. The number of carbonyl (C=O) groups is 1. The van der Waals surface area contributed by atoms with Gasteiger partial charge >= 0.3 is 0 Å². The number of amides is 1. The molecule has 0 unspecified atom stereocenters. The number of nitrogens with zero attached hydrogens (tertiary/aromatic N) is 4. The Labute approximate surface area is 150 Å². The molecule has 2 fully saturated rings. The summed E-state index contributed by atoms with van der Waals surface area (Å²) in [4.78, 5) is 14.2. The van der Waals surface area contributed by atoms with Gasteiger partial charge in [-0.3, -0.25) is 9.48 Å². The van der Waals surface area contributed by atoms with Crippen LogP contribution in [0.25, 0.3) is 0 Å². The summed E-state index contributed by atoms with van der Waals surface area (Å²) in [5.41, 5.74) is 1.11. The van der Waals surface area contributed by atoms with Crippen LogP contribution in [-0.2, 0) is 21.9 Å². The van der Waals surface area contributed by atoms with Gasteiger partial charge in [0.1, 0.15) is 4.90 Å². The summed E-state index contributed by atoms with van der Waals surface area (Å²) in [6, 6.07) is 0. The maximum atomic E-state index is 13.3. The first-order valence-electron chi connectivity index (χ1n) is 8.98. The average Bonchev–Trinajstić information content (AvgIpc) is 2.83. The van der Waals surface area contributed by atoms with Gasteiger partial charge in [0.25, 0.3) is 0 Å². The predicted molar refractivity (Wildman–Crippen MR) is 94.6 cm³/mol. The molecule has 2 aliphatic heterocycles. The molecular formula is C17H28N4O3S. The summed E-state index contributed by atoms with van der Waals surface area (Å²) in [5.74, 6) is 0.187. The first kappa shape index (κ1) is 18.4. The number of sulfonamides is 1. The third-order valence-corrected chi connectivity index (χ3v) is 7.90. The van der Waals surface area contributed by atoms with Crippen molar-refractivity contribution in [2.75, 3.05) is 26.2 Å². The van der Waals surface area contributed by atoms with E-state index in [1.807, 2.05) is 11.8 Å². The first-order chi connectivity index (χ1) is 11.7. The van der Waals surface area contributed by atoms with Gasteiger partial charge in [0.2, 0.25) is 15.9 Å². The van der Waals surface area contributed by atoms with Crippen molar-refractivity contribution >= 4 is 15.9 Å². The third kappa shape index (κ3) is 3.10. The molecule has 0 bridgehead atoms. The molecule has 3 heterocycles. The molecular weight excluding hydrogens is 340 g/mol. The van der Waals surface area contributed by atoms with Crippen LogP contribution in [0.4, 0.5) is 0 Å². The van der Waals surface area contributed by atoms with Gasteiger partial charge in [0.05, 0.1) is 11.4 Å². The summed E-state index contributed by atoms with van der Waals surface area (Å²) >= 11 is 0. The van der Waals surface area contributed by atoms with Crippen LogP contribution in [0.3, 0.4) is 0 Å². The van der Waals surface area contributed by atoms with Crippen molar-refractivity contribution in [3.05, 3.63) is 11.4 Å². The number of aromatic nitrogens is 2. The van der Waals surface area contributed by atoms with Crippen LogP contribution < -0.4 is 0 Å². The lowest BCUT2D eigenvalue weighted by Gasteiger charge is -2.47. The molecule has 0 saturated carbocycles. The minimum Gasteiger partial charge on any atom is -0.342 e. The highest BCUT2D eigenvalue weighted by Crippen LogP contribution is 2.40. The van der Waals surface area contributed by atoms with Gasteiger partial charge in [0.15, 0.2) is 0 Å². The van der Waals surface area contributed by atoms with Crippen LogP contribution in [0.5, 0.6) is 0 Å². The van der Waals surface area contributed by atoms with Crippen molar-refractivity contribution in [3.63, 3.8) is 0 Å². The van der Waals surface area contributed by atoms with Crippen LogP contribution in [-0.4, -0.2) is 59.5 Å². The van der Waals surface area contributed by atoms with E-state index < -0.39 is 10.0 Å². The number of rotatable bonds is 3. The van der Waals surface area contributed by atoms with E-state index in [2.05, 4.69) is 5.10 Å². The van der Waals surface area contributed by atoms with Crippen LogP contribution in [0.2, 0.25) is 0 Å². The number of hydrogen-bond acceptors (Lipinski definition) is 4. The lowest BCUT2D eigenvalue weighted by atomic mass is 9.74. The Morgan fingerprint density at radius 2 is 1.92 bits per heavy atom. The molecule has 140 valence electrons. The van der Waals surface area contributed by atoms with E-state index in [9.17, 15) is 13.2 Å². The Balaban J connectivity index is 1.89.